The summed E-state index contributed by atoms with van der Waals surface area (Å²) in [6, 6.07) is 10.8. The van der Waals surface area contributed by atoms with Crippen molar-refractivity contribution in [2.75, 3.05) is 27.3 Å². The molecule has 0 atom stereocenters. The third-order valence-corrected chi connectivity index (χ3v) is 7.19. The summed E-state index contributed by atoms with van der Waals surface area (Å²) in [5, 5.41) is 0.557. The molecule has 0 radical (unpaired) electrons. The van der Waals surface area contributed by atoms with E-state index >= 15 is 0 Å². The number of alkyl halides is 3. The van der Waals surface area contributed by atoms with E-state index in [-0.39, 0.29) is 23.8 Å². The van der Waals surface area contributed by atoms with Gasteiger partial charge in [-0.2, -0.15) is 13.2 Å². The number of methoxy groups -OCH3 is 2. The van der Waals surface area contributed by atoms with E-state index in [4.69, 9.17) is 9.47 Å². The van der Waals surface area contributed by atoms with Gasteiger partial charge in [0.25, 0.3) is 0 Å². The van der Waals surface area contributed by atoms with Crippen LogP contribution in [0.5, 0.6) is 11.5 Å². The number of halogens is 3. The molecule has 38 heavy (non-hydrogen) atoms. The number of carbonyl (C=O) groups is 1. The lowest BCUT2D eigenvalue weighted by Crippen LogP contribution is -2.38. The Hall–Kier alpha value is -3.95. The first-order chi connectivity index (χ1) is 18.3. The second kappa shape index (κ2) is 10.4. The minimum atomic E-state index is -4.38. The summed E-state index contributed by atoms with van der Waals surface area (Å²) in [4.78, 5) is 24.6. The quantitative estimate of drug-likeness (QED) is 0.327. The average Bonchev–Trinajstić information content (AvgIpc) is 3.55. The SMILES string of the molecule is COc1ccc(-c2[nH]c3ccc(C4CCN(C(=O)Cc5c[nH]cn5)CC4)cc3c2CC(F)(F)F)cc1OC. The zero-order valence-corrected chi connectivity index (χ0v) is 21.2. The molecule has 3 heterocycles. The summed E-state index contributed by atoms with van der Waals surface area (Å²) in [5.74, 6) is 1.13. The molecule has 200 valence electrons. The highest BCUT2D eigenvalue weighted by molar-refractivity contribution is 5.92. The molecule has 0 saturated carbocycles. The third kappa shape index (κ3) is 5.34. The normalized spacial score (nSPS) is 14.7. The molecule has 2 aromatic heterocycles. The van der Waals surface area contributed by atoms with Crippen molar-refractivity contribution in [2.45, 2.75) is 37.8 Å². The predicted molar refractivity (Wildman–Crippen MR) is 137 cm³/mol. The highest BCUT2D eigenvalue weighted by Gasteiger charge is 2.32. The topological polar surface area (TPSA) is 83.2 Å². The van der Waals surface area contributed by atoms with Gasteiger partial charge >= 0.3 is 6.18 Å². The Morgan fingerprint density at radius 2 is 1.84 bits per heavy atom. The zero-order valence-electron chi connectivity index (χ0n) is 21.2. The van der Waals surface area contributed by atoms with E-state index in [2.05, 4.69) is 15.0 Å². The van der Waals surface area contributed by atoms with Gasteiger partial charge in [0.15, 0.2) is 11.5 Å². The molecule has 1 fully saturated rings. The fraction of sp³-hybridized carbons (Fsp3) is 0.357. The highest BCUT2D eigenvalue weighted by atomic mass is 19.4. The lowest BCUT2D eigenvalue weighted by Gasteiger charge is -2.32. The Labute approximate surface area is 218 Å². The molecule has 0 spiro atoms. The smallest absolute Gasteiger partial charge is 0.393 e. The van der Waals surface area contributed by atoms with Crippen molar-refractivity contribution < 1.29 is 27.4 Å². The summed E-state index contributed by atoms with van der Waals surface area (Å²) < 4.78 is 51.8. The number of fused-ring (bicyclic) bond motifs is 1. The van der Waals surface area contributed by atoms with Crippen LogP contribution in [0.25, 0.3) is 22.2 Å². The number of piperidine rings is 1. The molecule has 2 N–H and O–H groups in total. The number of nitrogens with one attached hydrogen (secondary N) is 2. The van der Waals surface area contributed by atoms with E-state index in [1.54, 1.807) is 30.7 Å². The van der Waals surface area contributed by atoms with Gasteiger partial charge in [-0.25, -0.2) is 4.98 Å². The predicted octanol–water partition coefficient (Wildman–Crippen LogP) is 5.63. The number of imidazole rings is 1. The molecule has 2 aromatic carbocycles. The van der Waals surface area contributed by atoms with Crippen molar-refractivity contribution in [1.29, 1.82) is 0 Å². The van der Waals surface area contributed by atoms with Crippen molar-refractivity contribution in [3.8, 4) is 22.8 Å². The second-order valence-corrected chi connectivity index (χ2v) is 9.54. The number of hydrogen-bond donors (Lipinski definition) is 2. The van der Waals surface area contributed by atoms with Gasteiger partial charge in [-0.15, -0.1) is 0 Å². The first-order valence-electron chi connectivity index (χ1n) is 12.4. The number of carbonyl (C=O) groups excluding carboxylic acids is 1. The number of aromatic amines is 2. The highest BCUT2D eigenvalue weighted by Crippen LogP contribution is 2.40. The molecule has 0 unspecified atom stereocenters. The lowest BCUT2D eigenvalue weighted by atomic mass is 9.88. The number of hydrogen-bond acceptors (Lipinski definition) is 4. The van der Waals surface area contributed by atoms with E-state index in [0.717, 1.165) is 18.4 Å². The van der Waals surface area contributed by atoms with Gasteiger partial charge in [-0.1, -0.05) is 6.07 Å². The molecule has 7 nitrogen and oxygen atoms in total. The minimum Gasteiger partial charge on any atom is -0.493 e. The van der Waals surface area contributed by atoms with Gasteiger partial charge < -0.3 is 24.3 Å². The molecule has 5 rings (SSSR count). The first kappa shape index (κ1) is 25.7. The number of benzene rings is 2. The van der Waals surface area contributed by atoms with Gasteiger partial charge in [0, 0.05) is 35.8 Å². The van der Waals surface area contributed by atoms with E-state index in [9.17, 15) is 18.0 Å². The number of rotatable bonds is 7. The van der Waals surface area contributed by atoms with Crippen LogP contribution in [0.2, 0.25) is 0 Å². The Kier molecular flexibility index (Phi) is 7.05. The Bertz CT molecular complexity index is 1420. The molecular weight excluding hydrogens is 497 g/mol. The number of aromatic nitrogens is 3. The van der Waals surface area contributed by atoms with Crippen molar-refractivity contribution in [3.63, 3.8) is 0 Å². The maximum Gasteiger partial charge on any atom is 0.393 e. The van der Waals surface area contributed by atoms with Crippen LogP contribution in [0.3, 0.4) is 0 Å². The average molecular weight is 527 g/mol. The number of amides is 1. The maximum absolute atomic E-state index is 13.7. The van der Waals surface area contributed by atoms with E-state index in [1.165, 1.54) is 14.2 Å². The monoisotopic (exact) mass is 526 g/mol. The van der Waals surface area contributed by atoms with Gasteiger partial charge in [-0.05, 0) is 60.2 Å². The van der Waals surface area contributed by atoms with Crippen LogP contribution < -0.4 is 9.47 Å². The number of nitrogens with zero attached hydrogens (tertiary/aromatic N) is 2. The second-order valence-electron chi connectivity index (χ2n) is 9.54. The van der Waals surface area contributed by atoms with Crippen molar-refractivity contribution in [2.24, 2.45) is 0 Å². The van der Waals surface area contributed by atoms with E-state index < -0.39 is 12.6 Å². The standard InChI is InChI=1S/C28H29F3N4O3/c1-37-24-6-4-19(12-25(24)38-2)27-22(14-28(29,30)31)21-11-18(3-5-23(21)34-27)17-7-9-35(10-8-17)26(36)13-20-15-32-16-33-20/h3-6,11-12,15-17,34H,7-10,13-14H2,1-2H3,(H,32,33). The van der Waals surface area contributed by atoms with Crippen LogP contribution >= 0.6 is 0 Å². The van der Waals surface area contributed by atoms with Gasteiger partial charge in [0.2, 0.25) is 5.91 Å². The number of H-pyrrole nitrogens is 2. The molecule has 1 aliphatic heterocycles. The number of ether oxygens (including phenoxy) is 2. The van der Waals surface area contributed by atoms with Crippen molar-refractivity contribution in [1.82, 2.24) is 19.9 Å². The molecule has 1 saturated heterocycles. The van der Waals surface area contributed by atoms with E-state index in [1.807, 2.05) is 23.1 Å². The van der Waals surface area contributed by atoms with Crippen LogP contribution in [-0.4, -0.2) is 59.2 Å². The van der Waals surface area contributed by atoms with Gasteiger partial charge in [-0.3, -0.25) is 4.79 Å². The van der Waals surface area contributed by atoms with Crippen molar-refractivity contribution >= 4 is 16.8 Å². The molecular formula is C28H29F3N4O3. The Morgan fingerprint density at radius 3 is 2.50 bits per heavy atom. The summed E-state index contributed by atoms with van der Waals surface area (Å²) in [7, 11) is 3.00. The summed E-state index contributed by atoms with van der Waals surface area (Å²) in [5.41, 5.74) is 3.53. The van der Waals surface area contributed by atoms with Crippen LogP contribution in [-0.2, 0) is 17.6 Å². The summed E-state index contributed by atoms with van der Waals surface area (Å²) >= 11 is 0. The van der Waals surface area contributed by atoms with Gasteiger partial charge in [0.05, 0.1) is 44.8 Å². The number of likely N-dealkylation sites (tertiary alicyclic amines) is 1. The Morgan fingerprint density at radius 1 is 1.08 bits per heavy atom. The molecule has 10 heteroatoms. The molecule has 1 aliphatic rings. The summed E-state index contributed by atoms with van der Waals surface area (Å²) in [6.07, 6.45) is -0.417. The first-order valence-corrected chi connectivity index (χ1v) is 12.4. The zero-order chi connectivity index (χ0) is 26.9. The van der Waals surface area contributed by atoms with Gasteiger partial charge in [0.1, 0.15) is 0 Å². The Balaban J connectivity index is 1.42. The molecule has 1 amide bonds. The van der Waals surface area contributed by atoms with Crippen LogP contribution in [0.15, 0.2) is 48.9 Å². The summed E-state index contributed by atoms with van der Waals surface area (Å²) in [6.45, 7) is 1.21. The minimum absolute atomic E-state index is 0.0312. The van der Waals surface area contributed by atoms with Crippen LogP contribution in [0, 0.1) is 0 Å². The molecule has 0 aliphatic carbocycles. The fourth-order valence-electron chi connectivity index (χ4n) is 5.26. The largest absolute Gasteiger partial charge is 0.493 e. The fourth-order valence-corrected chi connectivity index (χ4v) is 5.26. The van der Waals surface area contributed by atoms with E-state index in [0.29, 0.717) is 52.4 Å². The lowest BCUT2D eigenvalue weighted by molar-refractivity contribution is -0.131. The van der Waals surface area contributed by atoms with Crippen LogP contribution in [0.4, 0.5) is 13.2 Å². The third-order valence-electron chi connectivity index (χ3n) is 7.19. The molecule has 4 aromatic rings. The van der Waals surface area contributed by atoms with Crippen molar-refractivity contribution in [3.05, 3.63) is 65.7 Å². The van der Waals surface area contributed by atoms with Crippen LogP contribution in [0.1, 0.15) is 35.6 Å². The maximum atomic E-state index is 13.7. The molecule has 0 bridgehead atoms.